The van der Waals surface area contributed by atoms with Gasteiger partial charge in [0.1, 0.15) is 0 Å². The second kappa shape index (κ2) is 12.8. The Morgan fingerprint density at radius 2 is 1.06 bits per heavy atom. The average Bonchev–Trinajstić information content (AvgIpc) is 3.20. The van der Waals surface area contributed by atoms with Crippen molar-refractivity contribution in [2.75, 3.05) is 0 Å². The van der Waals surface area contributed by atoms with Gasteiger partial charge in [-0.1, -0.05) is 153 Å². The highest BCUT2D eigenvalue weighted by atomic mass is 14.9. The van der Waals surface area contributed by atoms with E-state index >= 15 is 0 Å². The molecule has 6 aromatic carbocycles. The van der Waals surface area contributed by atoms with Gasteiger partial charge in [-0.05, 0) is 75.0 Å². The molecule has 1 aliphatic rings. The predicted molar refractivity (Wildman–Crippen MR) is 212 cm³/mol. The van der Waals surface area contributed by atoms with E-state index in [2.05, 4.69) is 164 Å². The first kappa shape index (κ1) is 30.6. The van der Waals surface area contributed by atoms with Crippen LogP contribution in [0.4, 0.5) is 0 Å². The predicted octanol–water partition coefficient (Wildman–Crippen LogP) is 12.0. The molecular formula is C48H35N3. The van der Waals surface area contributed by atoms with Crippen molar-refractivity contribution >= 4 is 32.7 Å². The van der Waals surface area contributed by atoms with E-state index in [1.54, 1.807) is 0 Å². The number of allylic oxidation sites excluding steroid dienone is 4. The van der Waals surface area contributed by atoms with Crippen LogP contribution < -0.4 is 0 Å². The van der Waals surface area contributed by atoms with Crippen LogP contribution in [0.1, 0.15) is 30.3 Å². The minimum absolute atomic E-state index is 0.348. The second-order valence-electron chi connectivity index (χ2n) is 13.5. The molecule has 0 saturated heterocycles. The van der Waals surface area contributed by atoms with Crippen LogP contribution in [0.25, 0.3) is 66.5 Å². The van der Waals surface area contributed by atoms with E-state index in [0.29, 0.717) is 5.82 Å². The fraction of sp³-hybridized carbons (Fsp3) is 0.0625. The molecule has 8 aromatic rings. The largest absolute Gasteiger partial charge is 0.256 e. The quantitative estimate of drug-likeness (QED) is 0.168. The summed E-state index contributed by atoms with van der Waals surface area (Å²) < 4.78 is 0. The van der Waals surface area contributed by atoms with Crippen molar-refractivity contribution in [1.82, 2.24) is 15.0 Å². The third kappa shape index (κ3) is 5.83. The van der Waals surface area contributed by atoms with Crippen molar-refractivity contribution in [2.45, 2.75) is 18.8 Å². The standard InChI is InChI=1S/C48H35N3/c1-48(40-25-23-35(24-26-40)43-22-12-13-27-49-43)31-38(46-41-20-10-8-18-36(41)28-37-19-9-11-21-42(37)46)29-39(32-48)47-50-44(33-14-4-2-5-15-33)30-45(51-47)34-16-6-3-7-17-34/h2-30,32H,31H2,1H3. The summed E-state index contributed by atoms with van der Waals surface area (Å²) in [7, 11) is 0. The van der Waals surface area contributed by atoms with Gasteiger partial charge in [0, 0.05) is 33.9 Å². The highest BCUT2D eigenvalue weighted by Crippen LogP contribution is 2.46. The van der Waals surface area contributed by atoms with E-state index in [1.807, 2.05) is 30.5 Å². The number of rotatable bonds is 6. The van der Waals surface area contributed by atoms with Crippen LogP contribution in [0.5, 0.6) is 0 Å². The van der Waals surface area contributed by atoms with Crippen LogP contribution in [0.2, 0.25) is 0 Å². The minimum atomic E-state index is -0.348. The van der Waals surface area contributed by atoms with Crippen molar-refractivity contribution in [3.8, 4) is 33.8 Å². The third-order valence-electron chi connectivity index (χ3n) is 10.1. The lowest BCUT2D eigenvalue weighted by Crippen LogP contribution is -2.23. The lowest BCUT2D eigenvalue weighted by Gasteiger charge is -2.33. The summed E-state index contributed by atoms with van der Waals surface area (Å²) in [6, 6.07) is 57.7. The molecule has 242 valence electrons. The SMILES string of the molecule is CC1(c2ccc(-c3ccccn3)cc2)C=C(c2nc(-c3ccccc3)cc(-c3ccccc3)n2)C=C(c2c3ccccc3cc3ccccc23)C1. The summed E-state index contributed by atoms with van der Waals surface area (Å²) in [5, 5.41) is 4.97. The molecule has 0 fully saturated rings. The van der Waals surface area contributed by atoms with Crippen LogP contribution in [0.3, 0.4) is 0 Å². The van der Waals surface area contributed by atoms with Gasteiger partial charge in [0.05, 0.1) is 17.1 Å². The molecule has 0 radical (unpaired) electrons. The van der Waals surface area contributed by atoms with Gasteiger partial charge in [-0.25, -0.2) is 9.97 Å². The summed E-state index contributed by atoms with van der Waals surface area (Å²) in [5.74, 6) is 0.716. The van der Waals surface area contributed by atoms with Crippen molar-refractivity contribution < 1.29 is 0 Å². The fourth-order valence-electron chi connectivity index (χ4n) is 7.55. The van der Waals surface area contributed by atoms with E-state index in [4.69, 9.17) is 9.97 Å². The molecule has 0 N–H and O–H groups in total. The van der Waals surface area contributed by atoms with Gasteiger partial charge in [-0.2, -0.15) is 0 Å². The summed E-state index contributed by atoms with van der Waals surface area (Å²) in [5.41, 5.74) is 10.4. The van der Waals surface area contributed by atoms with E-state index in [1.165, 1.54) is 38.2 Å². The molecule has 1 unspecified atom stereocenters. The Labute approximate surface area is 298 Å². The summed E-state index contributed by atoms with van der Waals surface area (Å²) in [6.07, 6.45) is 7.40. The maximum atomic E-state index is 5.29. The zero-order chi connectivity index (χ0) is 34.2. The van der Waals surface area contributed by atoms with E-state index in [9.17, 15) is 0 Å². The van der Waals surface area contributed by atoms with Crippen molar-refractivity contribution in [3.63, 3.8) is 0 Å². The molecule has 0 spiro atoms. The highest BCUT2D eigenvalue weighted by Gasteiger charge is 2.32. The number of fused-ring (bicyclic) bond motifs is 2. The fourth-order valence-corrected chi connectivity index (χ4v) is 7.55. The summed E-state index contributed by atoms with van der Waals surface area (Å²) in [6.45, 7) is 2.35. The lowest BCUT2D eigenvalue weighted by molar-refractivity contribution is 0.611. The first-order valence-electron chi connectivity index (χ1n) is 17.5. The number of hydrogen-bond donors (Lipinski definition) is 0. The molecule has 2 aromatic heterocycles. The molecule has 9 rings (SSSR count). The van der Waals surface area contributed by atoms with E-state index in [0.717, 1.165) is 45.8 Å². The maximum Gasteiger partial charge on any atom is 0.160 e. The van der Waals surface area contributed by atoms with Crippen molar-refractivity contribution in [2.24, 2.45) is 0 Å². The summed E-state index contributed by atoms with van der Waals surface area (Å²) >= 11 is 0. The molecule has 3 heteroatoms. The zero-order valence-electron chi connectivity index (χ0n) is 28.4. The van der Waals surface area contributed by atoms with E-state index < -0.39 is 0 Å². The Bertz CT molecular complexity index is 2480. The monoisotopic (exact) mass is 653 g/mol. The first-order chi connectivity index (χ1) is 25.1. The Kier molecular flexibility index (Phi) is 7.67. The number of nitrogens with zero attached hydrogens (tertiary/aromatic N) is 3. The molecule has 0 amide bonds. The molecule has 1 atom stereocenters. The van der Waals surface area contributed by atoms with Crippen molar-refractivity contribution in [1.29, 1.82) is 0 Å². The van der Waals surface area contributed by atoms with Gasteiger partial charge in [0.2, 0.25) is 0 Å². The van der Waals surface area contributed by atoms with Crippen LogP contribution in [0, 0.1) is 0 Å². The molecular weight excluding hydrogens is 619 g/mol. The Balaban J connectivity index is 1.28. The number of hydrogen-bond acceptors (Lipinski definition) is 3. The second-order valence-corrected chi connectivity index (χ2v) is 13.5. The number of aromatic nitrogens is 3. The van der Waals surface area contributed by atoms with Gasteiger partial charge >= 0.3 is 0 Å². The van der Waals surface area contributed by atoms with Crippen LogP contribution in [-0.2, 0) is 5.41 Å². The third-order valence-corrected chi connectivity index (χ3v) is 10.1. The van der Waals surface area contributed by atoms with Crippen LogP contribution >= 0.6 is 0 Å². The zero-order valence-corrected chi connectivity index (χ0v) is 28.4. The van der Waals surface area contributed by atoms with E-state index in [-0.39, 0.29) is 5.41 Å². The molecule has 2 heterocycles. The average molecular weight is 654 g/mol. The van der Waals surface area contributed by atoms with Gasteiger partial charge < -0.3 is 0 Å². The molecule has 1 aliphatic carbocycles. The minimum Gasteiger partial charge on any atom is -0.256 e. The summed E-state index contributed by atoms with van der Waals surface area (Å²) in [4.78, 5) is 15.2. The smallest absolute Gasteiger partial charge is 0.160 e. The molecule has 0 aliphatic heterocycles. The lowest BCUT2D eigenvalue weighted by atomic mass is 9.70. The maximum absolute atomic E-state index is 5.29. The molecule has 51 heavy (non-hydrogen) atoms. The number of benzene rings is 6. The van der Waals surface area contributed by atoms with Crippen LogP contribution in [-0.4, -0.2) is 15.0 Å². The molecule has 3 nitrogen and oxygen atoms in total. The topological polar surface area (TPSA) is 38.7 Å². The molecule has 0 saturated carbocycles. The van der Waals surface area contributed by atoms with Crippen molar-refractivity contribution in [3.05, 3.63) is 199 Å². The first-order valence-corrected chi connectivity index (χ1v) is 17.5. The molecule has 0 bridgehead atoms. The van der Waals surface area contributed by atoms with Gasteiger partial charge in [0.25, 0.3) is 0 Å². The highest BCUT2D eigenvalue weighted by molar-refractivity contribution is 6.10. The van der Waals surface area contributed by atoms with Gasteiger partial charge in [0.15, 0.2) is 5.82 Å². The van der Waals surface area contributed by atoms with Gasteiger partial charge in [-0.3, -0.25) is 4.98 Å². The Morgan fingerprint density at radius 1 is 0.510 bits per heavy atom. The van der Waals surface area contributed by atoms with Crippen LogP contribution in [0.15, 0.2) is 182 Å². The Hall–Kier alpha value is -6.45. The normalized spacial score (nSPS) is 15.8. The Morgan fingerprint density at radius 3 is 1.65 bits per heavy atom. The number of pyridine rings is 1. The van der Waals surface area contributed by atoms with Gasteiger partial charge in [-0.15, -0.1) is 0 Å².